The van der Waals surface area contributed by atoms with Crippen molar-refractivity contribution in [2.75, 3.05) is 18.0 Å². The van der Waals surface area contributed by atoms with Gasteiger partial charge in [-0.05, 0) is 62.6 Å². The van der Waals surface area contributed by atoms with Crippen LogP contribution in [0.3, 0.4) is 0 Å². The van der Waals surface area contributed by atoms with E-state index >= 15 is 0 Å². The molecular weight excluding hydrogens is 480 g/mol. The number of hydrogen-bond donors (Lipinski definition) is 2. The third kappa shape index (κ3) is 5.79. The number of halogens is 2. The molecule has 2 aromatic rings. The Bertz CT molecular complexity index is 914. The van der Waals surface area contributed by atoms with E-state index in [1.165, 1.54) is 4.90 Å². The van der Waals surface area contributed by atoms with E-state index in [4.69, 9.17) is 17.3 Å². The van der Waals surface area contributed by atoms with Crippen LogP contribution in [-0.4, -0.2) is 42.0 Å². The minimum Gasteiger partial charge on any atom is -0.351 e. The second kappa shape index (κ2) is 10.5. The average Bonchev–Trinajstić information content (AvgIpc) is 2.73. The van der Waals surface area contributed by atoms with Gasteiger partial charge in [0, 0.05) is 40.4 Å². The van der Waals surface area contributed by atoms with Gasteiger partial charge in [-0.3, -0.25) is 9.69 Å². The molecule has 3 amide bonds. The van der Waals surface area contributed by atoms with Crippen molar-refractivity contribution in [2.45, 2.75) is 44.8 Å². The number of hydrogen-bond acceptors (Lipinski definition) is 3. The minimum atomic E-state index is -0.919. The first-order valence-electron chi connectivity index (χ1n) is 10.4. The number of nitrogens with one attached hydrogen (secondary N) is 1. The van der Waals surface area contributed by atoms with Gasteiger partial charge in [0.2, 0.25) is 5.91 Å². The van der Waals surface area contributed by atoms with Crippen LogP contribution in [0.5, 0.6) is 0 Å². The molecular formula is C23H28BrClN4O2. The number of nitrogens with two attached hydrogens (primary N) is 1. The summed E-state index contributed by atoms with van der Waals surface area (Å²) >= 11 is 9.55. The SMILES string of the molecule is CC(C)N1CCC(NC(=O)C(c2ccccc2Br)N(C(N)=O)c2ccc(Cl)cc2)CC1. The first kappa shape index (κ1) is 23.6. The number of carbonyl (C=O) groups excluding carboxylic acids is 2. The Hall–Kier alpha value is -2.09. The van der Waals surface area contributed by atoms with Crippen molar-refractivity contribution in [1.82, 2.24) is 10.2 Å². The summed E-state index contributed by atoms with van der Waals surface area (Å²) in [7, 11) is 0. The van der Waals surface area contributed by atoms with Crippen LogP contribution in [-0.2, 0) is 4.79 Å². The number of benzene rings is 2. The summed E-state index contributed by atoms with van der Waals surface area (Å²) < 4.78 is 0.727. The van der Waals surface area contributed by atoms with Crippen LogP contribution in [0, 0.1) is 0 Å². The number of amides is 3. The Labute approximate surface area is 196 Å². The number of piperidine rings is 1. The molecule has 1 heterocycles. The number of likely N-dealkylation sites (tertiary alicyclic amines) is 1. The molecule has 1 aliphatic rings. The summed E-state index contributed by atoms with van der Waals surface area (Å²) in [5.41, 5.74) is 6.93. The molecule has 1 fully saturated rings. The standard InChI is InChI=1S/C23H28BrClN4O2/c1-15(2)28-13-11-17(12-14-28)27-22(30)21(19-5-3-4-6-20(19)24)29(23(26)31)18-9-7-16(25)8-10-18/h3-10,15,17,21H,11-14H2,1-2H3,(H2,26,31)(H,27,30). The van der Waals surface area contributed by atoms with Crippen molar-refractivity contribution in [3.05, 3.63) is 63.6 Å². The second-order valence-corrected chi connectivity index (χ2v) is 9.31. The first-order valence-corrected chi connectivity index (χ1v) is 11.6. The molecule has 1 saturated heterocycles. The number of nitrogens with zero attached hydrogens (tertiary/aromatic N) is 2. The molecule has 2 aromatic carbocycles. The lowest BCUT2D eigenvalue weighted by Crippen LogP contribution is -2.51. The van der Waals surface area contributed by atoms with E-state index in [9.17, 15) is 9.59 Å². The van der Waals surface area contributed by atoms with Gasteiger partial charge in [0.15, 0.2) is 0 Å². The summed E-state index contributed by atoms with van der Waals surface area (Å²) in [6.45, 7) is 6.22. The lowest BCUT2D eigenvalue weighted by molar-refractivity contribution is -0.123. The highest BCUT2D eigenvalue weighted by Crippen LogP contribution is 2.33. The van der Waals surface area contributed by atoms with Gasteiger partial charge in [0.05, 0.1) is 0 Å². The zero-order valence-electron chi connectivity index (χ0n) is 17.7. The second-order valence-electron chi connectivity index (χ2n) is 8.02. The van der Waals surface area contributed by atoms with Crippen LogP contribution < -0.4 is 16.0 Å². The molecule has 3 N–H and O–H groups in total. The molecule has 0 saturated carbocycles. The Morgan fingerprint density at radius 1 is 1.13 bits per heavy atom. The van der Waals surface area contributed by atoms with Crippen molar-refractivity contribution in [2.24, 2.45) is 5.73 Å². The van der Waals surface area contributed by atoms with Gasteiger partial charge in [-0.2, -0.15) is 0 Å². The minimum absolute atomic E-state index is 0.0485. The number of carbonyl (C=O) groups is 2. The Kier molecular flexibility index (Phi) is 7.97. The molecule has 0 aliphatic carbocycles. The van der Waals surface area contributed by atoms with E-state index in [0.29, 0.717) is 22.3 Å². The molecule has 0 radical (unpaired) electrons. The van der Waals surface area contributed by atoms with E-state index in [2.05, 4.69) is 40.0 Å². The lowest BCUT2D eigenvalue weighted by Gasteiger charge is -2.36. The average molecular weight is 508 g/mol. The van der Waals surface area contributed by atoms with Crippen LogP contribution in [0.4, 0.5) is 10.5 Å². The highest BCUT2D eigenvalue weighted by Gasteiger charge is 2.34. The fourth-order valence-electron chi connectivity index (χ4n) is 3.94. The van der Waals surface area contributed by atoms with Crippen LogP contribution in [0.15, 0.2) is 53.0 Å². The van der Waals surface area contributed by atoms with Gasteiger partial charge >= 0.3 is 6.03 Å². The number of primary amides is 1. The Morgan fingerprint density at radius 3 is 2.29 bits per heavy atom. The first-order chi connectivity index (χ1) is 14.8. The van der Waals surface area contributed by atoms with E-state index in [-0.39, 0.29) is 11.9 Å². The summed E-state index contributed by atoms with van der Waals surface area (Å²) in [5.74, 6) is -0.261. The lowest BCUT2D eigenvalue weighted by atomic mass is 10.00. The van der Waals surface area contributed by atoms with Gasteiger partial charge in [-0.15, -0.1) is 0 Å². The fraction of sp³-hybridized carbons (Fsp3) is 0.391. The topological polar surface area (TPSA) is 78.7 Å². The van der Waals surface area contributed by atoms with E-state index < -0.39 is 12.1 Å². The highest BCUT2D eigenvalue weighted by molar-refractivity contribution is 9.10. The van der Waals surface area contributed by atoms with Gasteiger partial charge in [-0.1, -0.05) is 45.7 Å². The van der Waals surface area contributed by atoms with Gasteiger partial charge in [0.25, 0.3) is 0 Å². The van der Waals surface area contributed by atoms with Crippen molar-refractivity contribution in [3.63, 3.8) is 0 Å². The molecule has 6 nitrogen and oxygen atoms in total. The predicted molar refractivity (Wildman–Crippen MR) is 128 cm³/mol. The quantitative estimate of drug-likeness (QED) is 0.594. The Balaban J connectivity index is 1.91. The third-order valence-electron chi connectivity index (χ3n) is 5.65. The maximum Gasteiger partial charge on any atom is 0.320 e. The number of urea groups is 1. The maximum atomic E-state index is 13.5. The van der Waals surface area contributed by atoms with Crippen molar-refractivity contribution < 1.29 is 9.59 Å². The maximum absolute atomic E-state index is 13.5. The van der Waals surface area contributed by atoms with Crippen molar-refractivity contribution in [3.8, 4) is 0 Å². The largest absolute Gasteiger partial charge is 0.351 e. The van der Waals surface area contributed by atoms with Crippen molar-refractivity contribution in [1.29, 1.82) is 0 Å². The van der Waals surface area contributed by atoms with Crippen LogP contribution >= 0.6 is 27.5 Å². The third-order valence-corrected chi connectivity index (χ3v) is 6.63. The molecule has 8 heteroatoms. The van der Waals surface area contributed by atoms with Gasteiger partial charge < -0.3 is 16.0 Å². The monoisotopic (exact) mass is 506 g/mol. The molecule has 0 spiro atoms. The van der Waals surface area contributed by atoms with Gasteiger partial charge in [-0.25, -0.2) is 4.79 Å². The Morgan fingerprint density at radius 2 is 1.74 bits per heavy atom. The zero-order valence-corrected chi connectivity index (χ0v) is 20.1. The predicted octanol–water partition coefficient (Wildman–Crippen LogP) is 4.72. The summed E-state index contributed by atoms with van der Waals surface area (Å²) in [6, 6.07) is 13.0. The molecule has 0 aromatic heterocycles. The highest BCUT2D eigenvalue weighted by atomic mass is 79.9. The van der Waals surface area contributed by atoms with Crippen LogP contribution in [0.1, 0.15) is 38.3 Å². The summed E-state index contributed by atoms with van der Waals surface area (Å²) in [4.78, 5) is 29.8. The van der Waals surface area contributed by atoms with Gasteiger partial charge in [0.1, 0.15) is 6.04 Å². The van der Waals surface area contributed by atoms with E-state index in [0.717, 1.165) is 30.4 Å². The molecule has 1 aliphatic heterocycles. The molecule has 0 bridgehead atoms. The normalized spacial score (nSPS) is 16.2. The fourth-order valence-corrected chi connectivity index (χ4v) is 4.57. The van der Waals surface area contributed by atoms with E-state index in [1.807, 2.05) is 24.3 Å². The van der Waals surface area contributed by atoms with Crippen molar-refractivity contribution >= 4 is 45.2 Å². The van der Waals surface area contributed by atoms with E-state index in [1.54, 1.807) is 24.3 Å². The summed E-state index contributed by atoms with van der Waals surface area (Å²) in [6.07, 6.45) is 1.73. The molecule has 3 rings (SSSR count). The van der Waals surface area contributed by atoms with Crippen LogP contribution in [0.25, 0.3) is 0 Å². The zero-order chi connectivity index (χ0) is 22.5. The number of anilines is 1. The molecule has 166 valence electrons. The molecule has 31 heavy (non-hydrogen) atoms. The van der Waals surface area contributed by atoms with Crippen LogP contribution in [0.2, 0.25) is 5.02 Å². The molecule has 1 unspecified atom stereocenters. The number of rotatable bonds is 6. The molecule has 1 atom stereocenters. The summed E-state index contributed by atoms with van der Waals surface area (Å²) in [5, 5.41) is 3.69. The smallest absolute Gasteiger partial charge is 0.320 e.